The average Bonchev–Trinajstić information content (AvgIpc) is 2.61. The molecule has 1 atom stereocenters. The van der Waals surface area contributed by atoms with Crippen molar-refractivity contribution < 1.29 is 38.9 Å². The van der Waals surface area contributed by atoms with E-state index in [1.165, 1.54) is 18.0 Å². The fourth-order valence-corrected chi connectivity index (χ4v) is 3.33. The molecule has 0 bridgehead atoms. The molecule has 0 aromatic heterocycles. The van der Waals surface area contributed by atoms with Crippen LogP contribution < -0.4 is 20.4 Å². The molecule has 1 aromatic rings. The maximum Gasteiger partial charge on any atom is 0.430 e. The van der Waals surface area contributed by atoms with Crippen LogP contribution in [0.4, 0.5) is 0 Å². The molecule has 11 nitrogen and oxygen atoms in total. The topological polar surface area (TPSA) is 172 Å². The molecule has 0 unspecified atom stereocenters. The van der Waals surface area contributed by atoms with E-state index in [2.05, 4.69) is 5.32 Å². The number of likely N-dealkylation sites (tertiary alicyclic amines) is 1. The maximum atomic E-state index is 12.2. The Morgan fingerprint density at radius 2 is 2.07 bits per heavy atom. The van der Waals surface area contributed by atoms with Gasteiger partial charge in [0.25, 0.3) is 0 Å². The molecule has 1 saturated heterocycles. The fraction of sp³-hybridized carbons (Fsp3) is 0.471. The number of carboxylic acid groups (broad SMARTS) is 1. The Hall–Kier alpha value is -2.83. The molecular weight excluding hydrogens is 385 g/mol. The number of nitrogens with two attached hydrogens (primary N) is 1. The highest BCUT2D eigenvalue weighted by Gasteiger charge is 2.37. The van der Waals surface area contributed by atoms with Crippen molar-refractivity contribution >= 4 is 24.5 Å². The molecule has 0 radical (unpaired) electrons. The van der Waals surface area contributed by atoms with E-state index in [-0.39, 0.29) is 55.2 Å². The number of fused-ring (bicyclic) bond motifs is 1. The Balaban J connectivity index is 1.67. The molecule has 1 aromatic carbocycles. The molecule has 0 aliphatic carbocycles. The van der Waals surface area contributed by atoms with Crippen molar-refractivity contribution in [2.75, 3.05) is 20.1 Å². The first-order chi connectivity index (χ1) is 13.6. The molecule has 3 rings (SSSR count). The van der Waals surface area contributed by atoms with Gasteiger partial charge < -0.3 is 40.5 Å². The highest BCUT2D eigenvalue weighted by atomic mass is 16.6. The molecule has 2 aliphatic heterocycles. The Bertz CT molecular complexity index is 840. The summed E-state index contributed by atoms with van der Waals surface area (Å²) in [6, 6.07) is 2.14. The number of carboxylic acids is 1. The van der Waals surface area contributed by atoms with Crippen molar-refractivity contribution in [2.24, 2.45) is 5.73 Å². The third kappa shape index (κ3) is 4.44. The number of ether oxygens (including phenoxy) is 1. The number of aromatic carboxylic acids is 1. The molecule has 2 heterocycles. The van der Waals surface area contributed by atoms with Crippen molar-refractivity contribution in [3.05, 3.63) is 23.3 Å². The largest absolute Gasteiger partial charge is 0.669 e. The van der Waals surface area contributed by atoms with Crippen LogP contribution in [0.3, 0.4) is 0 Å². The molecule has 158 valence electrons. The van der Waals surface area contributed by atoms with Gasteiger partial charge in [0, 0.05) is 7.05 Å². The number of rotatable bonds is 6. The molecule has 1 fully saturated rings. The molecule has 29 heavy (non-hydrogen) atoms. The molecular formula is C17H23BN3O8-. The van der Waals surface area contributed by atoms with Crippen LogP contribution in [0.1, 0.15) is 22.3 Å². The lowest BCUT2D eigenvalue weighted by Crippen LogP contribution is -2.60. The molecule has 2 aliphatic rings. The summed E-state index contributed by atoms with van der Waals surface area (Å²) in [6.45, 7) is -2.75. The highest BCUT2D eigenvalue weighted by molar-refractivity contribution is 6.59. The molecule has 0 saturated carbocycles. The van der Waals surface area contributed by atoms with Gasteiger partial charge in [0.15, 0.2) is 0 Å². The van der Waals surface area contributed by atoms with Crippen LogP contribution in [0, 0.1) is 0 Å². The van der Waals surface area contributed by atoms with E-state index >= 15 is 0 Å². The number of benzene rings is 1. The predicted molar refractivity (Wildman–Crippen MR) is 100 cm³/mol. The van der Waals surface area contributed by atoms with E-state index in [9.17, 15) is 29.5 Å². The van der Waals surface area contributed by atoms with Crippen LogP contribution in [0.2, 0.25) is 6.32 Å². The summed E-state index contributed by atoms with van der Waals surface area (Å²) in [5.41, 5.74) is 5.98. The van der Waals surface area contributed by atoms with Crippen LogP contribution in [0.25, 0.3) is 0 Å². The minimum atomic E-state index is -3.12. The first kappa shape index (κ1) is 20.9. The lowest BCUT2D eigenvalue weighted by Gasteiger charge is -2.41. The van der Waals surface area contributed by atoms with Crippen LogP contribution >= 0.6 is 0 Å². The SMILES string of the molecule is CNC(=O)C[C@@H](N)C(=O)N1CC(Oc2ccc3c(c2C(=O)O)O[B-](O)(O)CC3)C1. The number of nitrogens with one attached hydrogen (secondary N) is 1. The zero-order valence-corrected chi connectivity index (χ0v) is 15.8. The quantitative estimate of drug-likeness (QED) is 0.344. The number of carbonyl (C=O) groups excluding carboxylic acids is 2. The summed E-state index contributed by atoms with van der Waals surface area (Å²) in [5, 5.41) is 31.5. The van der Waals surface area contributed by atoms with Crippen LogP contribution in [-0.2, 0) is 16.0 Å². The predicted octanol–water partition coefficient (Wildman–Crippen LogP) is -1.70. The summed E-state index contributed by atoms with van der Waals surface area (Å²) in [6.07, 6.45) is -0.362. The van der Waals surface area contributed by atoms with E-state index in [1.807, 2.05) is 0 Å². The molecule has 0 spiro atoms. The van der Waals surface area contributed by atoms with E-state index < -0.39 is 30.8 Å². The number of amides is 2. The van der Waals surface area contributed by atoms with E-state index in [0.29, 0.717) is 5.56 Å². The zero-order valence-electron chi connectivity index (χ0n) is 15.8. The second-order valence-corrected chi connectivity index (χ2v) is 7.21. The second kappa shape index (κ2) is 7.89. The number of hydrogen-bond acceptors (Lipinski definition) is 8. The van der Waals surface area contributed by atoms with Crippen LogP contribution in [0.5, 0.6) is 11.5 Å². The number of carbonyl (C=O) groups is 3. The maximum absolute atomic E-state index is 12.2. The van der Waals surface area contributed by atoms with Gasteiger partial charge in [-0.15, -0.1) is 0 Å². The Kier molecular flexibility index (Phi) is 5.69. The van der Waals surface area contributed by atoms with Gasteiger partial charge in [-0.3, -0.25) is 9.59 Å². The molecule has 12 heteroatoms. The van der Waals surface area contributed by atoms with Gasteiger partial charge in [0.1, 0.15) is 17.4 Å². The van der Waals surface area contributed by atoms with Gasteiger partial charge in [0.2, 0.25) is 11.8 Å². The fourth-order valence-electron chi connectivity index (χ4n) is 3.33. The summed E-state index contributed by atoms with van der Waals surface area (Å²) in [5.74, 6) is -2.17. The molecule has 2 amide bonds. The van der Waals surface area contributed by atoms with Gasteiger partial charge in [-0.1, -0.05) is 12.4 Å². The third-order valence-electron chi connectivity index (χ3n) is 4.97. The summed E-state index contributed by atoms with van der Waals surface area (Å²) >= 11 is 0. The first-order valence-corrected chi connectivity index (χ1v) is 9.21. The lowest BCUT2D eigenvalue weighted by molar-refractivity contribution is -0.143. The van der Waals surface area contributed by atoms with E-state index in [4.69, 9.17) is 15.1 Å². The van der Waals surface area contributed by atoms with Crippen LogP contribution in [0.15, 0.2) is 12.1 Å². The standard InChI is InChI=1S/C17H23BN3O8/c1-20-13(22)6-11(19)16(23)21-7-10(8-21)28-12-3-2-9-4-5-18(26,27)29-15(9)14(12)17(24)25/h2-3,10-11,26-27H,4-8,19H2,1H3,(H,20,22)(H,24,25)/q-1/t11-/m1/s1. The summed E-state index contributed by atoms with van der Waals surface area (Å²) in [7, 11) is 1.45. The third-order valence-corrected chi connectivity index (χ3v) is 4.97. The molecule has 6 N–H and O–H groups in total. The Morgan fingerprint density at radius 3 is 2.69 bits per heavy atom. The zero-order chi connectivity index (χ0) is 21.3. The van der Waals surface area contributed by atoms with Crippen molar-refractivity contribution in [1.82, 2.24) is 10.2 Å². The van der Waals surface area contributed by atoms with Gasteiger partial charge in [-0.2, -0.15) is 0 Å². The average molecular weight is 408 g/mol. The normalized spacial score (nSPS) is 18.7. The lowest BCUT2D eigenvalue weighted by atomic mass is 9.70. The van der Waals surface area contributed by atoms with Gasteiger partial charge in [0.05, 0.1) is 31.3 Å². The van der Waals surface area contributed by atoms with Crippen molar-refractivity contribution in [2.45, 2.75) is 31.3 Å². The van der Waals surface area contributed by atoms with Gasteiger partial charge >= 0.3 is 12.7 Å². The highest BCUT2D eigenvalue weighted by Crippen LogP contribution is 2.38. The van der Waals surface area contributed by atoms with Crippen molar-refractivity contribution in [1.29, 1.82) is 0 Å². The van der Waals surface area contributed by atoms with Crippen LogP contribution in [-0.4, -0.2) is 76.9 Å². The number of nitrogens with zero attached hydrogens (tertiary/aromatic N) is 1. The minimum Gasteiger partial charge on any atom is -0.669 e. The monoisotopic (exact) mass is 408 g/mol. The first-order valence-electron chi connectivity index (χ1n) is 9.21. The number of hydrogen-bond donors (Lipinski definition) is 5. The van der Waals surface area contributed by atoms with Gasteiger partial charge in [-0.05, 0) is 18.1 Å². The Morgan fingerprint density at radius 1 is 1.38 bits per heavy atom. The van der Waals surface area contributed by atoms with Crippen molar-refractivity contribution in [3.63, 3.8) is 0 Å². The van der Waals surface area contributed by atoms with E-state index in [0.717, 1.165) is 0 Å². The summed E-state index contributed by atoms with van der Waals surface area (Å²) in [4.78, 5) is 36.7. The number of aryl methyl sites for hydroxylation is 1. The van der Waals surface area contributed by atoms with E-state index in [1.54, 1.807) is 6.07 Å². The van der Waals surface area contributed by atoms with Gasteiger partial charge in [-0.25, -0.2) is 4.79 Å². The smallest absolute Gasteiger partial charge is 0.430 e. The summed E-state index contributed by atoms with van der Waals surface area (Å²) < 4.78 is 10.8. The Labute approximate surface area is 166 Å². The second-order valence-electron chi connectivity index (χ2n) is 7.21. The van der Waals surface area contributed by atoms with Crippen molar-refractivity contribution in [3.8, 4) is 11.5 Å². The minimum absolute atomic E-state index is 0.0107.